The lowest BCUT2D eigenvalue weighted by atomic mass is 10.2. The predicted molar refractivity (Wildman–Crippen MR) is 114 cm³/mol. The number of nitrogens with zero attached hydrogens (tertiary/aromatic N) is 2. The summed E-state index contributed by atoms with van der Waals surface area (Å²) in [6.45, 7) is 2.00. The zero-order valence-corrected chi connectivity index (χ0v) is 17.3. The minimum atomic E-state index is -0.486. The van der Waals surface area contributed by atoms with Crippen LogP contribution in [0.25, 0.3) is 15.8 Å². The molecule has 6 nitrogen and oxygen atoms in total. The lowest BCUT2D eigenvalue weighted by Gasteiger charge is -2.06. The number of ether oxygens (including phenoxy) is 1. The maximum Gasteiger partial charge on any atom is 0.358 e. The molecule has 0 saturated carbocycles. The molecular formula is C21H15ClFN3O3S. The molecule has 4 aromatic rings. The summed E-state index contributed by atoms with van der Waals surface area (Å²) in [5, 5.41) is 7.91. The highest BCUT2D eigenvalue weighted by Crippen LogP contribution is 2.36. The molecule has 152 valence electrons. The van der Waals surface area contributed by atoms with E-state index >= 15 is 0 Å². The van der Waals surface area contributed by atoms with Crippen LogP contribution in [0.3, 0.4) is 0 Å². The number of thiophene rings is 1. The van der Waals surface area contributed by atoms with Crippen molar-refractivity contribution in [2.75, 3.05) is 11.9 Å². The Morgan fingerprint density at radius 2 is 1.97 bits per heavy atom. The standard InChI is InChI=1S/C21H15ClFN3O3S/c1-2-29-21(28)16-9-10-26(25-16)14-6-4-13(5-7-14)24-20(27)19-18(22)15-8-3-12(23)11-17(15)30-19/h3-11H,2H2,1H3,(H,24,27). The average Bonchev–Trinajstić information content (AvgIpc) is 3.34. The van der Waals surface area contributed by atoms with E-state index in [1.807, 2.05) is 0 Å². The van der Waals surface area contributed by atoms with Gasteiger partial charge in [0.1, 0.15) is 10.7 Å². The number of hydrogen-bond acceptors (Lipinski definition) is 5. The van der Waals surface area contributed by atoms with Gasteiger partial charge in [0.15, 0.2) is 5.69 Å². The summed E-state index contributed by atoms with van der Waals surface area (Å²) in [6, 6.07) is 12.7. The normalized spacial score (nSPS) is 10.9. The van der Waals surface area contributed by atoms with Crippen LogP contribution in [0.2, 0.25) is 5.02 Å². The number of benzene rings is 2. The molecule has 0 fully saturated rings. The molecule has 0 aliphatic heterocycles. The summed E-state index contributed by atoms with van der Waals surface area (Å²) in [5.41, 5.74) is 1.48. The van der Waals surface area contributed by atoms with Crippen LogP contribution in [-0.2, 0) is 4.74 Å². The molecule has 4 rings (SSSR count). The summed E-state index contributed by atoms with van der Waals surface area (Å²) >= 11 is 7.44. The Morgan fingerprint density at radius 1 is 1.20 bits per heavy atom. The minimum Gasteiger partial charge on any atom is -0.461 e. The molecule has 30 heavy (non-hydrogen) atoms. The van der Waals surface area contributed by atoms with Crippen molar-refractivity contribution in [2.24, 2.45) is 0 Å². The molecule has 0 atom stereocenters. The van der Waals surface area contributed by atoms with Gasteiger partial charge in [0.25, 0.3) is 5.91 Å². The molecule has 0 bridgehead atoms. The van der Waals surface area contributed by atoms with Crippen molar-refractivity contribution in [3.05, 3.63) is 76.1 Å². The molecule has 0 aliphatic carbocycles. The predicted octanol–water partition coefficient (Wildman–Crippen LogP) is 5.31. The van der Waals surface area contributed by atoms with Crippen LogP contribution < -0.4 is 5.32 Å². The number of hydrogen-bond donors (Lipinski definition) is 1. The fourth-order valence-electron chi connectivity index (χ4n) is 2.85. The Hall–Kier alpha value is -3.23. The van der Waals surface area contributed by atoms with Gasteiger partial charge in [-0.15, -0.1) is 11.3 Å². The summed E-state index contributed by atoms with van der Waals surface area (Å²) in [7, 11) is 0. The Morgan fingerprint density at radius 3 is 2.70 bits per heavy atom. The van der Waals surface area contributed by atoms with Crippen LogP contribution in [0.15, 0.2) is 54.7 Å². The Bertz CT molecular complexity index is 1250. The van der Waals surface area contributed by atoms with Gasteiger partial charge in [0, 0.05) is 22.0 Å². The number of fused-ring (bicyclic) bond motifs is 1. The van der Waals surface area contributed by atoms with Gasteiger partial charge in [-0.1, -0.05) is 11.6 Å². The van der Waals surface area contributed by atoms with Crippen molar-refractivity contribution >= 4 is 50.6 Å². The molecular weight excluding hydrogens is 429 g/mol. The van der Waals surface area contributed by atoms with Gasteiger partial charge in [-0.2, -0.15) is 5.10 Å². The number of carbonyl (C=O) groups is 2. The van der Waals surface area contributed by atoms with Gasteiger partial charge in [0.05, 0.1) is 17.3 Å². The Balaban J connectivity index is 1.51. The van der Waals surface area contributed by atoms with E-state index in [2.05, 4.69) is 10.4 Å². The summed E-state index contributed by atoms with van der Waals surface area (Å²) in [5.74, 6) is -1.24. The van der Waals surface area contributed by atoms with Crippen molar-refractivity contribution in [2.45, 2.75) is 6.92 Å². The monoisotopic (exact) mass is 443 g/mol. The lowest BCUT2D eigenvalue weighted by molar-refractivity contribution is 0.0519. The number of carbonyl (C=O) groups excluding carboxylic acids is 2. The van der Waals surface area contributed by atoms with Gasteiger partial charge in [-0.05, 0) is 55.5 Å². The fourth-order valence-corrected chi connectivity index (χ4v) is 4.29. The number of nitrogens with one attached hydrogen (secondary N) is 1. The van der Waals surface area contributed by atoms with Crippen LogP contribution in [0, 0.1) is 5.82 Å². The van der Waals surface area contributed by atoms with E-state index in [1.54, 1.807) is 49.5 Å². The largest absolute Gasteiger partial charge is 0.461 e. The van der Waals surface area contributed by atoms with Crippen molar-refractivity contribution < 1.29 is 18.7 Å². The van der Waals surface area contributed by atoms with Crippen molar-refractivity contribution in [3.63, 3.8) is 0 Å². The number of esters is 1. The summed E-state index contributed by atoms with van der Waals surface area (Å²) < 4.78 is 20.5. The van der Waals surface area contributed by atoms with E-state index in [0.29, 0.717) is 31.4 Å². The quantitative estimate of drug-likeness (QED) is 0.424. The van der Waals surface area contributed by atoms with E-state index < -0.39 is 5.97 Å². The van der Waals surface area contributed by atoms with E-state index in [1.165, 1.54) is 16.8 Å². The summed E-state index contributed by atoms with van der Waals surface area (Å²) in [6.07, 6.45) is 1.65. The molecule has 1 amide bonds. The molecule has 0 radical (unpaired) electrons. The van der Waals surface area contributed by atoms with Crippen LogP contribution in [0.4, 0.5) is 10.1 Å². The van der Waals surface area contributed by atoms with Crippen LogP contribution in [-0.4, -0.2) is 28.3 Å². The Labute approximate surface area is 179 Å². The zero-order valence-electron chi connectivity index (χ0n) is 15.7. The van der Waals surface area contributed by atoms with Crippen LogP contribution >= 0.6 is 22.9 Å². The third-order valence-corrected chi connectivity index (χ3v) is 5.92. The van der Waals surface area contributed by atoms with Crippen LogP contribution in [0.5, 0.6) is 0 Å². The zero-order chi connectivity index (χ0) is 21.3. The number of rotatable bonds is 5. The molecule has 2 heterocycles. The fraction of sp³-hybridized carbons (Fsp3) is 0.0952. The number of amides is 1. The second kappa shape index (κ2) is 8.25. The second-order valence-electron chi connectivity index (χ2n) is 6.25. The molecule has 0 saturated heterocycles. The number of aromatic nitrogens is 2. The molecule has 9 heteroatoms. The number of halogens is 2. The van der Waals surface area contributed by atoms with E-state index in [-0.39, 0.29) is 24.0 Å². The molecule has 2 aromatic heterocycles. The van der Waals surface area contributed by atoms with Gasteiger partial charge in [0.2, 0.25) is 0 Å². The first-order valence-electron chi connectivity index (χ1n) is 8.98. The van der Waals surface area contributed by atoms with E-state index in [9.17, 15) is 14.0 Å². The van der Waals surface area contributed by atoms with Gasteiger partial charge in [-0.3, -0.25) is 4.79 Å². The first kappa shape index (κ1) is 20.1. The van der Waals surface area contributed by atoms with E-state index in [0.717, 1.165) is 11.3 Å². The third-order valence-electron chi connectivity index (χ3n) is 4.26. The second-order valence-corrected chi connectivity index (χ2v) is 7.68. The minimum absolute atomic E-state index is 0.213. The molecule has 0 spiro atoms. The maximum atomic E-state index is 13.4. The van der Waals surface area contributed by atoms with Gasteiger partial charge >= 0.3 is 5.97 Å². The summed E-state index contributed by atoms with van der Waals surface area (Å²) in [4.78, 5) is 24.7. The highest BCUT2D eigenvalue weighted by Gasteiger charge is 2.18. The van der Waals surface area contributed by atoms with Crippen LogP contribution in [0.1, 0.15) is 27.1 Å². The first-order valence-corrected chi connectivity index (χ1v) is 10.2. The smallest absolute Gasteiger partial charge is 0.358 e. The van der Waals surface area contributed by atoms with Crippen molar-refractivity contribution in [1.29, 1.82) is 0 Å². The van der Waals surface area contributed by atoms with Crippen molar-refractivity contribution in [1.82, 2.24) is 9.78 Å². The topological polar surface area (TPSA) is 73.2 Å². The first-order chi connectivity index (χ1) is 14.5. The van der Waals surface area contributed by atoms with Gasteiger partial charge < -0.3 is 10.1 Å². The molecule has 0 unspecified atom stereocenters. The molecule has 1 N–H and O–H groups in total. The average molecular weight is 444 g/mol. The Kier molecular flexibility index (Phi) is 5.52. The molecule has 0 aliphatic rings. The van der Waals surface area contributed by atoms with Crippen molar-refractivity contribution in [3.8, 4) is 5.69 Å². The molecule has 2 aromatic carbocycles. The SMILES string of the molecule is CCOC(=O)c1ccn(-c2ccc(NC(=O)c3sc4cc(F)ccc4c3Cl)cc2)n1. The van der Waals surface area contributed by atoms with E-state index in [4.69, 9.17) is 16.3 Å². The number of anilines is 1. The highest BCUT2D eigenvalue weighted by molar-refractivity contribution is 7.21. The van der Waals surface area contributed by atoms with Gasteiger partial charge in [-0.25, -0.2) is 13.9 Å². The maximum absolute atomic E-state index is 13.4. The third kappa shape index (κ3) is 3.92. The highest BCUT2D eigenvalue weighted by atomic mass is 35.5. The lowest BCUT2D eigenvalue weighted by Crippen LogP contribution is -2.10.